The topological polar surface area (TPSA) is 32.8 Å². The highest BCUT2D eigenvalue weighted by atomic mass is 16.7. The molecule has 1 heterocycles. The minimum absolute atomic E-state index is 0.0933. The number of carbonyl (C=O) groups is 1. The average Bonchev–Trinajstić information content (AvgIpc) is 2.90. The molecule has 4 nitrogen and oxygen atoms in total. The van der Waals surface area contributed by atoms with Crippen molar-refractivity contribution in [1.29, 1.82) is 0 Å². The molecule has 1 aromatic carbocycles. The molecular weight excluding hydrogens is 228 g/mol. The standard InChI is InChI=1S/C14H18N2O2/c1-15(2)13-7-4-12(5-8-13)6-9-14(17)16-10-3-11-18-16/h4-9H,3,10-11H2,1-2H3/b9-6+. The molecule has 18 heavy (non-hydrogen) atoms. The van der Waals surface area contributed by atoms with Gasteiger partial charge in [0.15, 0.2) is 0 Å². The van der Waals surface area contributed by atoms with Crippen LogP contribution in [0, 0.1) is 0 Å². The number of amides is 1. The highest BCUT2D eigenvalue weighted by molar-refractivity contribution is 5.91. The van der Waals surface area contributed by atoms with Gasteiger partial charge in [0.1, 0.15) is 0 Å². The Balaban J connectivity index is 1.97. The van der Waals surface area contributed by atoms with Crippen molar-refractivity contribution in [3.05, 3.63) is 35.9 Å². The van der Waals surface area contributed by atoms with Gasteiger partial charge < -0.3 is 4.90 Å². The molecule has 1 amide bonds. The van der Waals surface area contributed by atoms with Crippen LogP contribution < -0.4 is 4.90 Å². The van der Waals surface area contributed by atoms with Crippen LogP contribution in [0.15, 0.2) is 30.3 Å². The van der Waals surface area contributed by atoms with Crippen LogP contribution in [-0.4, -0.2) is 38.2 Å². The van der Waals surface area contributed by atoms with Crippen LogP contribution in [-0.2, 0) is 9.63 Å². The first kappa shape index (κ1) is 12.6. The predicted octanol–water partition coefficient (Wildman–Crippen LogP) is 1.93. The van der Waals surface area contributed by atoms with Gasteiger partial charge in [-0.15, -0.1) is 0 Å². The van der Waals surface area contributed by atoms with Crippen LogP contribution in [0.25, 0.3) is 6.08 Å². The van der Waals surface area contributed by atoms with E-state index in [0.29, 0.717) is 13.2 Å². The molecule has 96 valence electrons. The zero-order valence-corrected chi connectivity index (χ0v) is 10.8. The lowest BCUT2D eigenvalue weighted by atomic mass is 10.2. The van der Waals surface area contributed by atoms with Crippen molar-refractivity contribution < 1.29 is 9.63 Å². The molecule has 0 aromatic heterocycles. The van der Waals surface area contributed by atoms with Crippen LogP contribution in [0.5, 0.6) is 0 Å². The lowest BCUT2D eigenvalue weighted by Gasteiger charge is -2.12. The fourth-order valence-corrected chi connectivity index (χ4v) is 1.76. The Kier molecular flexibility index (Phi) is 3.99. The monoisotopic (exact) mass is 246 g/mol. The summed E-state index contributed by atoms with van der Waals surface area (Å²) in [7, 11) is 4.00. The Morgan fingerprint density at radius 2 is 2.06 bits per heavy atom. The van der Waals surface area contributed by atoms with Crippen LogP contribution in [0.3, 0.4) is 0 Å². The van der Waals surface area contributed by atoms with Gasteiger partial charge in [-0.05, 0) is 30.2 Å². The predicted molar refractivity (Wildman–Crippen MR) is 72.1 cm³/mol. The fraction of sp³-hybridized carbons (Fsp3) is 0.357. The van der Waals surface area contributed by atoms with Crippen molar-refractivity contribution in [2.75, 3.05) is 32.1 Å². The van der Waals surface area contributed by atoms with Gasteiger partial charge >= 0.3 is 0 Å². The Morgan fingerprint density at radius 1 is 1.33 bits per heavy atom. The second-order valence-electron chi connectivity index (χ2n) is 4.45. The summed E-state index contributed by atoms with van der Waals surface area (Å²) in [5.74, 6) is -0.0933. The molecule has 0 bridgehead atoms. The lowest BCUT2D eigenvalue weighted by molar-refractivity contribution is -0.162. The maximum Gasteiger partial charge on any atom is 0.270 e. The molecule has 0 unspecified atom stereocenters. The Morgan fingerprint density at radius 3 is 2.61 bits per heavy atom. The molecule has 0 saturated carbocycles. The van der Waals surface area contributed by atoms with Crippen LogP contribution in [0.2, 0.25) is 0 Å². The first-order chi connectivity index (χ1) is 8.66. The molecule has 0 N–H and O–H groups in total. The average molecular weight is 246 g/mol. The number of hydrogen-bond acceptors (Lipinski definition) is 3. The van der Waals surface area contributed by atoms with Crippen molar-refractivity contribution >= 4 is 17.7 Å². The van der Waals surface area contributed by atoms with E-state index in [9.17, 15) is 4.79 Å². The molecule has 0 radical (unpaired) electrons. The van der Waals surface area contributed by atoms with Crippen LogP contribution >= 0.6 is 0 Å². The van der Waals surface area contributed by atoms with E-state index in [1.165, 1.54) is 5.06 Å². The van der Waals surface area contributed by atoms with Crippen molar-refractivity contribution in [3.63, 3.8) is 0 Å². The molecule has 1 aliphatic rings. The van der Waals surface area contributed by atoms with Gasteiger partial charge in [-0.1, -0.05) is 12.1 Å². The Labute approximate surface area is 107 Å². The summed E-state index contributed by atoms with van der Waals surface area (Å²) in [6.45, 7) is 1.32. The molecule has 4 heteroatoms. The summed E-state index contributed by atoms with van der Waals surface area (Å²) in [6.07, 6.45) is 4.27. The van der Waals surface area contributed by atoms with Gasteiger partial charge in [0.05, 0.1) is 13.2 Å². The van der Waals surface area contributed by atoms with Gasteiger partial charge in [-0.2, -0.15) is 0 Å². The van der Waals surface area contributed by atoms with E-state index in [1.54, 1.807) is 6.08 Å². The summed E-state index contributed by atoms with van der Waals surface area (Å²) in [5, 5.41) is 1.41. The second kappa shape index (κ2) is 5.69. The van der Waals surface area contributed by atoms with Crippen LogP contribution in [0.4, 0.5) is 5.69 Å². The Hall–Kier alpha value is -1.81. The van der Waals surface area contributed by atoms with E-state index in [0.717, 1.165) is 17.7 Å². The van der Waals surface area contributed by atoms with Gasteiger partial charge in [0, 0.05) is 25.9 Å². The van der Waals surface area contributed by atoms with Gasteiger partial charge in [0.2, 0.25) is 0 Å². The number of anilines is 1. The van der Waals surface area contributed by atoms with E-state index >= 15 is 0 Å². The number of hydrogen-bond donors (Lipinski definition) is 0. The molecule has 0 aliphatic carbocycles. The summed E-state index contributed by atoms with van der Waals surface area (Å²) in [6, 6.07) is 8.03. The lowest BCUT2D eigenvalue weighted by Crippen LogP contribution is -2.24. The third-order valence-electron chi connectivity index (χ3n) is 2.83. The summed E-state index contributed by atoms with van der Waals surface area (Å²) < 4.78 is 0. The minimum atomic E-state index is -0.0933. The number of nitrogens with zero attached hydrogens (tertiary/aromatic N) is 2. The fourth-order valence-electron chi connectivity index (χ4n) is 1.76. The number of carbonyl (C=O) groups excluding carboxylic acids is 1. The quantitative estimate of drug-likeness (QED) is 0.764. The van der Waals surface area contributed by atoms with E-state index in [1.807, 2.05) is 49.3 Å². The molecule has 1 fully saturated rings. The molecule has 1 aromatic rings. The first-order valence-corrected chi connectivity index (χ1v) is 6.07. The first-order valence-electron chi connectivity index (χ1n) is 6.07. The smallest absolute Gasteiger partial charge is 0.270 e. The number of hydroxylamine groups is 2. The largest absolute Gasteiger partial charge is 0.378 e. The van der Waals surface area contributed by atoms with E-state index in [2.05, 4.69) is 0 Å². The van der Waals surface area contributed by atoms with E-state index < -0.39 is 0 Å². The zero-order valence-electron chi connectivity index (χ0n) is 10.8. The third kappa shape index (κ3) is 3.11. The number of rotatable bonds is 3. The summed E-state index contributed by atoms with van der Waals surface area (Å²) in [5.41, 5.74) is 2.15. The minimum Gasteiger partial charge on any atom is -0.378 e. The van der Waals surface area contributed by atoms with Crippen molar-refractivity contribution in [3.8, 4) is 0 Å². The molecule has 0 atom stereocenters. The molecular formula is C14H18N2O2. The SMILES string of the molecule is CN(C)c1ccc(/C=C/C(=O)N2CCCO2)cc1. The van der Waals surface area contributed by atoms with Crippen molar-refractivity contribution in [2.24, 2.45) is 0 Å². The van der Waals surface area contributed by atoms with Gasteiger partial charge in [-0.25, -0.2) is 5.06 Å². The third-order valence-corrected chi connectivity index (χ3v) is 2.83. The van der Waals surface area contributed by atoms with Crippen molar-refractivity contribution in [1.82, 2.24) is 5.06 Å². The Bertz CT molecular complexity index is 432. The van der Waals surface area contributed by atoms with Crippen molar-refractivity contribution in [2.45, 2.75) is 6.42 Å². The van der Waals surface area contributed by atoms with E-state index in [4.69, 9.17) is 4.84 Å². The molecule has 1 aliphatic heterocycles. The van der Waals surface area contributed by atoms with Gasteiger partial charge in [-0.3, -0.25) is 9.63 Å². The highest BCUT2D eigenvalue weighted by Crippen LogP contribution is 2.13. The molecule has 1 saturated heterocycles. The number of benzene rings is 1. The summed E-state index contributed by atoms with van der Waals surface area (Å²) in [4.78, 5) is 18.9. The van der Waals surface area contributed by atoms with E-state index in [-0.39, 0.29) is 5.91 Å². The maximum atomic E-state index is 11.7. The maximum absolute atomic E-state index is 11.7. The molecule has 0 spiro atoms. The highest BCUT2D eigenvalue weighted by Gasteiger charge is 2.16. The molecule has 2 rings (SSSR count). The van der Waals surface area contributed by atoms with Crippen LogP contribution in [0.1, 0.15) is 12.0 Å². The second-order valence-corrected chi connectivity index (χ2v) is 4.45. The zero-order chi connectivity index (χ0) is 13.0. The summed E-state index contributed by atoms with van der Waals surface area (Å²) >= 11 is 0. The van der Waals surface area contributed by atoms with Gasteiger partial charge in [0.25, 0.3) is 5.91 Å². The normalized spacial score (nSPS) is 15.3.